The Kier molecular flexibility index (Phi) is 7.45. The lowest BCUT2D eigenvalue weighted by Crippen LogP contribution is -2.42. The molecule has 0 bridgehead atoms. The van der Waals surface area contributed by atoms with Crippen molar-refractivity contribution in [2.24, 2.45) is 7.05 Å². The lowest BCUT2D eigenvalue weighted by Gasteiger charge is -2.31. The molecule has 0 atom stereocenters. The Balaban J connectivity index is 2.18. The highest BCUT2D eigenvalue weighted by molar-refractivity contribution is 6.30. The summed E-state index contributed by atoms with van der Waals surface area (Å²) < 4.78 is 6.67. The number of halogens is 1. The molecule has 0 saturated carbocycles. The second-order valence-electron chi connectivity index (χ2n) is 7.25. The number of carbonyl (C=O) groups excluding carboxylic acids is 2. The van der Waals surface area contributed by atoms with E-state index in [1.54, 1.807) is 29.2 Å². The highest BCUT2D eigenvalue weighted by Gasteiger charge is 2.23. The average molecular weight is 420 g/mol. The second kappa shape index (κ2) is 9.60. The molecule has 1 aromatic carbocycles. The maximum Gasteiger partial charge on any atom is 0.274 e. The Morgan fingerprint density at radius 2 is 1.72 bits per heavy atom. The van der Waals surface area contributed by atoms with E-state index in [4.69, 9.17) is 16.3 Å². The van der Waals surface area contributed by atoms with Crippen LogP contribution >= 0.6 is 11.6 Å². The highest BCUT2D eigenvalue weighted by atomic mass is 35.5. The Labute approximate surface area is 175 Å². The SMILES string of the molecule is CC(C)N(C(=O)c1cc(NC(=O)COc2ccc(Cl)cc2)c(=O)n(C)c1)C(C)C. The van der Waals surface area contributed by atoms with Crippen LogP contribution in [0.5, 0.6) is 5.75 Å². The molecule has 0 unspecified atom stereocenters. The summed E-state index contributed by atoms with van der Waals surface area (Å²) in [7, 11) is 1.54. The van der Waals surface area contributed by atoms with Crippen molar-refractivity contribution in [3.05, 3.63) is 57.5 Å². The highest BCUT2D eigenvalue weighted by Crippen LogP contribution is 2.16. The van der Waals surface area contributed by atoms with E-state index in [2.05, 4.69) is 5.32 Å². The minimum absolute atomic E-state index is 0.00875. The molecule has 156 valence electrons. The van der Waals surface area contributed by atoms with Gasteiger partial charge in [-0.2, -0.15) is 0 Å². The quantitative estimate of drug-likeness (QED) is 0.746. The van der Waals surface area contributed by atoms with Gasteiger partial charge in [-0.1, -0.05) is 11.6 Å². The number of hydrogen-bond donors (Lipinski definition) is 1. The fourth-order valence-corrected chi connectivity index (χ4v) is 3.12. The molecule has 7 nitrogen and oxygen atoms in total. The third-order valence-electron chi connectivity index (χ3n) is 4.24. The van der Waals surface area contributed by atoms with Crippen LogP contribution in [0.1, 0.15) is 38.1 Å². The summed E-state index contributed by atoms with van der Waals surface area (Å²) in [6.07, 6.45) is 1.47. The second-order valence-corrected chi connectivity index (χ2v) is 7.69. The van der Waals surface area contributed by atoms with E-state index in [1.165, 1.54) is 23.9 Å². The van der Waals surface area contributed by atoms with Crippen molar-refractivity contribution in [3.8, 4) is 5.75 Å². The van der Waals surface area contributed by atoms with E-state index >= 15 is 0 Å². The lowest BCUT2D eigenvalue weighted by molar-refractivity contribution is -0.118. The van der Waals surface area contributed by atoms with Crippen LogP contribution in [0.3, 0.4) is 0 Å². The van der Waals surface area contributed by atoms with Crippen molar-refractivity contribution < 1.29 is 14.3 Å². The van der Waals surface area contributed by atoms with Gasteiger partial charge in [0.2, 0.25) is 0 Å². The lowest BCUT2D eigenvalue weighted by atomic mass is 10.1. The Bertz CT molecular complexity index is 928. The van der Waals surface area contributed by atoms with Gasteiger partial charge in [0.05, 0.1) is 5.56 Å². The van der Waals surface area contributed by atoms with Gasteiger partial charge in [0.1, 0.15) is 11.4 Å². The van der Waals surface area contributed by atoms with Crippen LogP contribution in [0, 0.1) is 0 Å². The molecular weight excluding hydrogens is 394 g/mol. The first kappa shape index (κ1) is 22.5. The zero-order valence-corrected chi connectivity index (χ0v) is 18.0. The minimum Gasteiger partial charge on any atom is -0.484 e. The maximum absolute atomic E-state index is 12.9. The standard InChI is InChI=1S/C21H26ClN3O4/c1-13(2)25(14(3)4)20(27)15-10-18(21(28)24(5)11-15)23-19(26)12-29-17-8-6-16(22)7-9-17/h6-11,13-14H,12H2,1-5H3,(H,23,26). The maximum atomic E-state index is 12.9. The van der Waals surface area contributed by atoms with Crippen LogP contribution in [0.15, 0.2) is 41.3 Å². The van der Waals surface area contributed by atoms with E-state index < -0.39 is 11.5 Å². The van der Waals surface area contributed by atoms with Crippen LogP contribution in [0.4, 0.5) is 5.69 Å². The molecule has 2 rings (SSSR count). The molecule has 0 spiro atoms. The van der Waals surface area contributed by atoms with Gasteiger partial charge < -0.3 is 19.5 Å². The van der Waals surface area contributed by atoms with Crippen molar-refractivity contribution in [1.82, 2.24) is 9.47 Å². The van der Waals surface area contributed by atoms with Crippen molar-refractivity contribution in [2.45, 2.75) is 39.8 Å². The van der Waals surface area contributed by atoms with Crippen LogP contribution in [0.25, 0.3) is 0 Å². The molecule has 0 radical (unpaired) electrons. The number of benzene rings is 1. The molecule has 2 aromatic rings. The van der Waals surface area contributed by atoms with Gasteiger partial charge >= 0.3 is 0 Å². The molecule has 1 aromatic heterocycles. The Morgan fingerprint density at radius 1 is 1.14 bits per heavy atom. The van der Waals surface area contributed by atoms with E-state index in [0.29, 0.717) is 16.3 Å². The molecule has 29 heavy (non-hydrogen) atoms. The summed E-state index contributed by atoms with van der Waals surface area (Å²) in [5.41, 5.74) is -0.0685. The zero-order valence-electron chi connectivity index (χ0n) is 17.2. The summed E-state index contributed by atoms with van der Waals surface area (Å²) in [6, 6.07) is 7.96. The van der Waals surface area contributed by atoms with E-state index in [0.717, 1.165) is 0 Å². The number of rotatable bonds is 7. The van der Waals surface area contributed by atoms with E-state index in [-0.39, 0.29) is 30.3 Å². The third kappa shape index (κ3) is 5.84. The monoisotopic (exact) mass is 419 g/mol. The van der Waals surface area contributed by atoms with Crippen LogP contribution in [-0.4, -0.2) is 40.0 Å². The molecule has 0 saturated heterocycles. The third-order valence-corrected chi connectivity index (χ3v) is 4.49. The van der Waals surface area contributed by atoms with Gasteiger partial charge in [-0.05, 0) is 58.0 Å². The number of aryl methyl sites for hydroxylation is 1. The van der Waals surface area contributed by atoms with Crippen LogP contribution in [0.2, 0.25) is 5.02 Å². The molecule has 0 aliphatic heterocycles. The smallest absolute Gasteiger partial charge is 0.274 e. The number of nitrogens with zero attached hydrogens (tertiary/aromatic N) is 2. The number of amides is 2. The summed E-state index contributed by atoms with van der Waals surface area (Å²) in [5, 5.41) is 3.09. The number of nitrogens with one attached hydrogen (secondary N) is 1. The molecule has 0 aliphatic carbocycles. The average Bonchev–Trinajstić information content (AvgIpc) is 2.64. The first-order valence-electron chi connectivity index (χ1n) is 9.31. The number of anilines is 1. The fourth-order valence-electron chi connectivity index (χ4n) is 3.00. The topological polar surface area (TPSA) is 80.6 Å². The molecule has 2 amide bonds. The largest absolute Gasteiger partial charge is 0.484 e. The molecule has 8 heteroatoms. The van der Waals surface area contributed by atoms with E-state index in [1.807, 2.05) is 27.7 Å². The zero-order chi connectivity index (χ0) is 21.7. The van der Waals surface area contributed by atoms with Gasteiger partial charge in [-0.25, -0.2) is 0 Å². The van der Waals surface area contributed by atoms with Gasteiger partial charge in [0, 0.05) is 30.4 Å². The Hall–Kier alpha value is -2.80. The normalized spacial score (nSPS) is 10.9. The van der Waals surface area contributed by atoms with Crippen molar-refractivity contribution in [3.63, 3.8) is 0 Å². The first-order chi connectivity index (χ1) is 13.6. The van der Waals surface area contributed by atoms with Crippen molar-refractivity contribution in [1.29, 1.82) is 0 Å². The summed E-state index contributed by atoms with van der Waals surface area (Å²) >= 11 is 5.81. The number of aromatic nitrogens is 1. The number of ether oxygens (including phenoxy) is 1. The van der Waals surface area contributed by atoms with Gasteiger partial charge in [0.25, 0.3) is 17.4 Å². The summed E-state index contributed by atoms with van der Waals surface area (Å²) in [5.74, 6) is -0.240. The minimum atomic E-state index is -0.508. The number of pyridine rings is 1. The van der Waals surface area contributed by atoms with Crippen LogP contribution < -0.4 is 15.6 Å². The predicted octanol–water partition coefficient (Wildman–Crippen LogP) is 3.32. The van der Waals surface area contributed by atoms with Crippen LogP contribution in [-0.2, 0) is 11.8 Å². The molecule has 1 heterocycles. The van der Waals surface area contributed by atoms with E-state index in [9.17, 15) is 14.4 Å². The predicted molar refractivity (Wildman–Crippen MR) is 114 cm³/mol. The summed E-state index contributed by atoms with van der Waals surface area (Å²) in [4.78, 5) is 39.3. The molecule has 0 aliphatic rings. The Morgan fingerprint density at radius 3 is 2.28 bits per heavy atom. The van der Waals surface area contributed by atoms with Crippen molar-refractivity contribution in [2.75, 3.05) is 11.9 Å². The van der Waals surface area contributed by atoms with Crippen molar-refractivity contribution >= 4 is 29.1 Å². The fraction of sp³-hybridized carbons (Fsp3) is 0.381. The first-order valence-corrected chi connectivity index (χ1v) is 9.69. The van der Waals surface area contributed by atoms with Gasteiger partial charge in [-0.3, -0.25) is 14.4 Å². The molecular formula is C21H26ClN3O4. The summed E-state index contributed by atoms with van der Waals surface area (Å²) in [6.45, 7) is 7.42. The number of hydrogen-bond acceptors (Lipinski definition) is 4. The van der Waals surface area contributed by atoms with Gasteiger partial charge in [0.15, 0.2) is 6.61 Å². The molecule has 0 fully saturated rings. The number of carbonyl (C=O) groups is 2. The van der Waals surface area contributed by atoms with Gasteiger partial charge in [-0.15, -0.1) is 0 Å². The molecule has 1 N–H and O–H groups in total.